The van der Waals surface area contributed by atoms with Crippen LogP contribution in [0.3, 0.4) is 0 Å². The van der Waals surface area contributed by atoms with Crippen LogP contribution >= 0.6 is 0 Å². The first-order valence-electron chi connectivity index (χ1n) is 10.8. The fourth-order valence-electron chi connectivity index (χ4n) is 4.07. The lowest BCUT2D eigenvalue weighted by Gasteiger charge is -2.23. The number of hydrogen-bond donors (Lipinski definition) is 2. The Labute approximate surface area is 188 Å². The maximum atomic E-state index is 6.41. The second-order valence-electron chi connectivity index (χ2n) is 8.71. The van der Waals surface area contributed by atoms with Crippen LogP contribution in [0.5, 0.6) is 11.5 Å². The maximum absolute atomic E-state index is 6.41. The highest BCUT2D eigenvalue weighted by molar-refractivity contribution is 5.95. The molecule has 1 aliphatic carbocycles. The van der Waals surface area contributed by atoms with Gasteiger partial charge in [-0.25, -0.2) is 9.97 Å². The van der Waals surface area contributed by atoms with Crippen LogP contribution in [-0.2, 0) is 10.2 Å². The lowest BCUT2D eigenvalue weighted by Crippen LogP contribution is -2.13. The lowest BCUT2D eigenvalue weighted by atomic mass is 9.91. The molecule has 1 atom stereocenters. The Balaban J connectivity index is 1.94. The Bertz CT molecular complexity index is 1160. The number of rotatable bonds is 8. The Morgan fingerprint density at radius 3 is 2.47 bits per heavy atom. The molecular formula is C24H31N5O3. The smallest absolute Gasteiger partial charge is 0.166 e. The molecule has 32 heavy (non-hydrogen) atoms. The number of aryl methyl sites for hydroxylation is 1. The molecule has 2 heterocycles. The van der Waals surface area contributed by atoms with Gasteiger partial charge in [-0.1, -0.05) is 13.8 Å². The Hall–Kier alpha value is -3.13. The van der Waals surface area contributed by atoms with E-state index in [-0.39, 0.29) is 11.3 Å². The number of benzene rings is 1. The summed E-state index contributed by atoms with van der Waals surface area (Å²) in [5.74, 6) is 1.96. The molecule has 1 saturated carbocycles. The molecule has 0 bridgehead atoms. The maximum Gasteiger partial charge on any atom is 0.166 e. The van der Waals surface area contributed by atoms with E-state index in [1.807, 2.05) is 25.1 Å². The number of anilines is 2. The lowest BCUT2D eigenvalue weighted by molar-refractivity contribution is 0.143. The summed E-state index contributed by atoms with van der Waals surface area (Å²) >= 11 is 0. The number of fused-ring (bicyclic) bond motifs is 1. The van der Waals surface area contributed by atoms with Gasteiger partial charge in [0, 0.05) is 41.5 Å². The average Bonchev–Trinajstić information content (AvgIpc) is 3.51. The van der Waals surface area contributed by atoms with Crippen molar-refractivity contribution in [2.75, 3.05) is 38.9 Å². The largest absolute Gasteiger partial charge is 0.493 e. The van der Waals surface area contributed by atoms with Crippen molar-refractivity contribution in [3.63, 3.8) is 0 Å². The van der Waals surface area contributed by atoms with E-state index in [0.717, 1.165) is 35.2 Å². The van der Waals surface area contributed by atoms with Crippen molar-refractivity contribution in [1.82, 2.24) is 15.0 Å². The highest BCUT2D eigenvalue weighted by Gasteiger charge is 2.41. The van der Waals surface area contributed by atoms with Crippen LogP contribution in [0.15, 0.2) is 18.2 Å². The van der Waals surface area contributed by atoms with Crippen LogP contribution in [0.1, 0.15) is 55.4 Å². The van der Waals surface area contributed by atoms with E-state index >= 15 is 0 Å². The number of nitrogen functional groups attached to an aromatic ring is 2. The topological polar surface area (TPSA) is 118 Å². The van der Waals surface area contributed by atoms with E-state index in [0.29, 0.717) is 47.6 Å². The van der Waals surface area contributed by atoms with Crippen LogP contribution in [-0.4, -0.2) is 42.4 Å². The number of hydrogen-bond acceptors (Lipinski definition) is 8. The van der Waals surface area contributed by atoms with E-state index < -0.39 is 0 Å². The van der Waals surface area contributed by atoms with Gasteiger partial charge in [-0.05, 0) is 31.9 Å². The number of nitrogens with two attached hydrogens (primary N) is 2. The second-order valence-corrected chi connectivity index (χ2v) is 8.71. The van der Waals surface area contributed by atoms with Crippen LogP contribution in [0.25, 0.3) is 10.9 Å². The van der Waals surface area contributed by atoms with Crippen molar-refractivity contribution >= 4 is 22.4 Å². The van der Waals surface area contributed by atoms with E-state index in [2.05, 4.69) is 23.8 Å². The number of nitrogens with zero attached hydrogens (tertiary/aromatic N) is 3. The number of methoxy groups -OCH3 is 2. The molecule has 2 aromatic heterocycles. The molecule has 170 valence electrons. The molecule has 1 aliphatic rings. The minimum absolute atomic E-state index is 0.0946. The Morgan fingerprint density at radius 2 is 1.81 bits per heavy atom. The molecule has 8 nitrogen and oxygen atoms in total. The Kier molecular flexibility index (Phi) is 5.81. The van der Waals surface area contributed by atoms with Gasteiger partial charge in [0.2, 0.25) is 0 Å². The summed E-state index contributed by atoms with van der Waals surface area (Å²) < 4.78 is 17.0. The summed E-state index contributed by atoms with van der Waals surface area (Å²) in [5.41, 5.74) is 16.9. The fraction of sp³-hybridized carbons (Fsp3) is 0.458. The van der Waals surface area contributed by atoms with Crippen molar-refractivity contribution in [3.8, 4) is 11.5 Å². The average molecular weight is 438 g/mol. The molecule has 1 aromatic carbocycles. The summed E-state index contributed by atoms with van der Waals surface area (Å²) in [4.78, 5) is 14.0. The van der Waals surface area contributed by atoms with E-state index in [4.69, 9.17) is 30.7 Å². The van der Waals surface area contributed by atoms with Crippen molar-refractivity contribution in [2.24, 2.45) is 0 Å². The predicted octanol–water partition coefficient (Wildman–Crippen LogP) is 3.73. The van der Waals surface area contributed by atoms with Crippen LogP contribution < -0.4 is 20.9 Å². The molecule has 0 radical (unpaired) electrons. The summed E-state index contributed by atoms with van der Waals surface area (Å²) in [5, 5.41) is 0.736. The molecular weight excluding hydrogens is 406 g/mol. The molecule has 0 spiro atoms. The molecule has 3 aromatic rings. The number of aromatic nitrogens is 3. The van der Waals surface area contributed by atoms with Crippen molar-refractivity contribution in [3.05, 3.63) is 41.0 Å². The number of pyridine rings is 1. The Morgan fingerprint density at radius 1 is 1.06 bits per heavy atom. The second kappa shape index (κ2) is 8.43. The normalized spacial score (nSPS) is 15.5. The van der Waals surface area contributed by atoms with Crippen LogP contribution in [0.2, 0.25) is 0 Å². The first kappa shape index (κ1) is 22.1. The summed E-state index contributed by atoms with van der Waals surface area (Å²) in [6.45, 7) is 6.90. The zero-order valence-corrected chi connectivity index (χ0v) is 19.4. The van der Waals surface area contributed by atoms with Crippen molar-refractivity contribution in [2.45, 2.75) is 44.9 Å². The van der Waals surface area contributed by atoms with Gasteiger partial charge in [-0.2, -0.15) is 0 Å². The van der Waals surface area contributed by atoms with Gasteiger partial charge in [0.25, 0.3) is 0 Å². The van der Waals surface area contributed by atoms with Crippen LogP contribution in [0.4, 0.5) is 11.5 Å². The molecule has 0 saturated heterocycles. The summed E-state index contributed by atoms with van der Waals surface area (Å²) in [6, 6.07) is 5.72. The first-order valence-corrected chi connectivity index (χ1v) is 10.8. The van der Waals surface area contributed by atoms with Gasteiger partial charge in [0.05, 0.1) is 30.3 Å². The predicted molar refractivity (Wildman–Crippen MR) is 125 cm³/mol. The third-order valence-electron chi connectivity index (χ3n) is 6.20. The van der Waals surface area contributed by atoms with Crippen molar-refractivity contribution < 1.29 is 14.2 Å². The van der Waals surface area contributed by atoms with Gasteiger partial charge in [0.1, 0.15) is 18.2 Å². The van der Waals surface area contributed by atoms with E-state index in [1.54, 1.807) is 14.2 Å². The SMILES string of the molecule is COCCOc1c(OC)cc2nc(C)nc(N)c2c1C(C)c1cc(N)cc(C2(C)CC2)n1. The van der Waals surface area contributed by atoms with Gasteiger partial charge in [0.15, 0.2) is 11.5 Å². The van der Waals surface area contributed by atoms with Gasteiger partial charge >= 0.3 is 0 Å². The minimum Gasteiger partial charge on any atom is -0.493 e. The quantitative estimate of drug-likeness (QED) is 0.512. The number of ether oxygens (including phenoxy) is 3. The van der Waals surface area contributed by atoms with Gasteiger partial charge < -0.3 is 25.7 Å². The minimum atomic E-state index is -0.191. The molecule has 0 aliphatic heterocycles. The standard InChI is InChI=1S/C24H31N5O3/c1-13(16-10-15(25)11-19(29-16)24(3)6-7-24)20-21-17(27-14(2)28-23(21)26)12-18(31-5)22(20)32-9-8-30-4/h10-13H,6-9H2,1-5H3,(H2,25,29)(H2,26,27,28). The van der Waals surface area contributed by atoms with Gasteiger partial charge in [-0.3, -0.25) is 4.98 Å². The molecule has 1 unspecified atom stereocenters. The fourth-order valence-corrected chi connectivity index (χ4v) is 4.07. The zero-order valence-electron chi connectivity index (χ0n) is 19.4. The molecule has 4 rings (SSSR count). The molecule has 0 amide bonds. The van der Waals surface area contributed by atoms with Crippen LogP contribution in [0, 0.1) is 6.92 Å². The van der Waals surface area contributed by atoms with Crippen molar-refractivity contribution in [1.29, 1.82) is 0 Å². The first-order chi connectivity index (χ1) is 15.3. The molecule has 8 heteroatoms. The van der Waals surface area contributed by atoms with Gasteiger partial charge in [-0.15, -0.1) is 0 Å². The zero-order chi connectivity index (χ0) is 23.0. The molecule has 4 N–H and O–H groups in total. The highest BCUT2D eigenvalue weighted by atomic mass is 16.5. The highest BCUT2D eigenvalue weighted by Crippen LogP contribution is 2.49. The van der Waals surface area contributed by atoms with E-state index in [9.17, 15) is 0 Å². The summed E-state index contributed by atoms with van der Waals surface area (Å²) in [7, 11) is 3.25. The molecule has 1 fully saturated rings. The third-order valence-corrected chi connectivity index (χ3v) is 6.20. The monoisotopic (exact) mass is 437 g/mol. The third kappa shape index (κ3) is 4.02. The summed E-state index contributed by atoms with van der Waals surface area (Å²) in [6.07, 6.45) is 2.23. The van der Waals surface area contributed by atoms with E-state index in [1.165, 1.54) is 0 Å².